The summed E-state index contributed by atoms with van der Waals surface area (Å²) in [6.07, 6.45) is 5.26. The zero-order valence-corrected chi connectivity index (χ0v) is 11.4. The Labute approximate surface area is 99.3 Å². The molecule has 0 atom stereocenters. The lowest BCUT2D eigenvalue weighted by Crippen LogP contribution is -1.86. The van der Waals surface area contributed by atoms with Gasteiger partial charge in [-0.3, -0.25) is 0 Å². The number of pyridine rings is 1. The molecule has 2 rings (SSSR count). The van der Waals surface area contributed by atoms with Crippen LogP contribution in [0.1, 0.15) is 45.9 Å². The van der Waals surface area contributed by atoms with Crippen molar-refractivity contribution in [3.05, 3.63) is 35.8 Å². The Bertz CT molecular complexity index is 402. The molecule has 0 amide bonds. The molecule has 0 aliphatic rings. The molecule has 2 nitrogen and oxygen atoms in total. The number of hydrogen-bond donors (Lipinski definition) is 0. The van der Waals surface area contributed by atoms with Gasteiger partial charge in [-0.25, -0.2) is 4.98 Å². The molecule has 0 bridgehead atoms. The van der Waals surface area contributed by atoms with Crippen molar-refractivity contribution >= 4 is 5.65 Å². The first-order valence-electron chi connectivity index (χ1n) is 6.24. The summed E-state index contributed by atoms with van der Waals surface area (Å²) < 4.78 is 2.08. The Morgan fingerprint density at radius 2 is 1.69 bits per heavy atom. The van der Waals surface area contributed by atoms with Gasteiger partial charge in [0.1, 0.15) is 5.65 Å². The summed E-state index contributed by atoms with van der Waals surface area (Å²) in [5, 5.41) is 0. The number of hydrogen-bond acceptors (Lipinski definition) is 1. The zero-order valence-electron chi connectivity index (χ0n) is 11.4. The summed E-state index contributed by atoms with van der Waals surface area (Å²) in [6.45, 7) is 12.2. The second-order valence-corrected chi connectivity index (χ2v) is 3.04. The van der Waals surface area contributed by atoms with Crippen molar-refractivity contribution in [1.29, 1.82) is 0 Å². The van der Waals surface area contributed by atoms with Crippen molar-refractivity contribution < 1.29 is 0 Å². The highest BCUT2D eigenvalue weighted by Crippen LogP contribution is 2.07. The lowest BCUT2D eigenvalue weighted by Gasteiger charge is -1.96. The maximum absolute atomic E-state index is 4.35. The van der Waals surface area contributed by atoms with Gasteiger partial charge in [0.05, 0.1) is 5.69 Å². The number of fused-ring (bicyclic) bond motifs is 1. The van der Waals surface area contributed by atoms with E-state index in [1.54, 1.807) is 0 Å². The van der Waals surface area contributed by atoms with E-state index >= 15 is 0 Å². The Balaban J connectivity index is 0.000000509. The van der Waals surface area contributed by atoms with Crippen LogP contribution < -0.4 is 0 Å². The van der Waals surface area contributed by atoms with Gasteiger partial charge in [-0.1, -0.05) is 40.7 Å². The van der Waals surface area contributed by atoms with Crippen LogP contribution in [-0.2, 0) is 6.42 Å². The van der Waals surface area contributed by atoms with Gasteiger partial charge < -0.3 is 4.40 Å². The zero-order chi connectivity index (χ0) is 12.6. The second kappa shape index (κ2) is 7.91. The molecule has 2 heterocycles. The van der Waals surface area contributed by atoms with Crippen LogP contribution in [0.15, 0.2) is 24.5 Å². The van der Waals surface area contributed by atoms with Crippen molar-refractivity contribution in [3.8, 4) is 0 Å². The van der Waals surface area contributed by atoms with Gasteiger partial charge in [0.2, 0.25) is 0 Å². The SMILES string of the molecule is CC.CC.CCc1ccc2nc(C)cn2c1. The molecule has 0 N–H and O–H groups in total. The average Bonchev–Trinajstić information content (AvgIpc) is 2.73. The fourth-order valence-electron chi connectivity index (χ4n) is 1.37. The van der Waals surface area contributed by atoms with Crippen LogP contribution in [0.2, 0.25) is 0 Å². The highest BCUT2D eigenvalue weighted by atomic mass is 15.0. The quantitative estimate of drug-likeness (QED) is 0.702. The highest BCUT2D eigenvalue weighted by molar-refractivity contribution is 5.41. The molecule has 2 aromatic rings. The van der Waals surface area contributed by atoms with E-state index in [-0.39, 0.29) is 0 Å². The highest BCUT2D eigenvalue weighted by Gasteiger charge is 1.96. The summed E-state index contributed by atoms with van der Waals surface area (Å²) in [4.78, 5) is 4.35. The van der Waals surface area contributed by atoms with Crippen molar-refractivity contribution in [2.45, 2.75) is 48.0 Å². The fourth-order valence-corrected chi connectivity index (χ4v) is 1.37. The van der Waals surface area contributed by atoms with Crippen LogP contribution in [0.3, 0.4) is 0 Å². The first-order chi connectivity index (χ1) is 7.79. The predicted molar refractivity (Wildman–Crippen MR) is 72.0 cm³/mol. The van der Waals surface area contributed by atoms with Crippen LogP contribution in [0.25, 0.3) is 5.65 Å². The molecular formula is C14H24N2. The van der Waals surface area contributed by atoms with Crippen molar-refractivity contribution in [2.24, 2.45) is 0 Å². The summed E-state index contributed by atoms with van der Waals surface area (Å²) >= 11 is 0. The number of imidazole rings is 1. The molecule has 0 fully saturated rings. The third kappa shape index (κ3) is 3.69. The maximum atomic E-state index is 4.35. The van der Waals surface area contributed by atoms with Gasteiger partial charge in [0.15, 0.2) is 0 Å². The minimum atomic E-state index is 1.03. The van der Waals surface area contributed by atoms with Crippen molar-refractivity contribution in [1.82, 2.24) is 9.38 Å². The normalized spacial score (nSPS) is 8.88. The molecule has 2 heteroatoms. The third-order valence-electron chi connectivity index (χ3n) is 2.04. The Hall–Kier alpha value is -1.31. The van der Waals surface area contributed by atoms with Crippen LogP contribution in [0, 0.1) is 6.92 Å². The lowest BCUT2D eigenvalue weighted by molar-refractivity contribution is 1.07. The predicted octanol–water partition coefficient (Wildman–Crippen LogP) is 4.26. The largest absolute Gasteiger partial charge is 0.307 e. The van der Waals surface area contributed by atoms with E-state index in [0.717, 1.165) is 17.8 Å². The van der Waals surface area contributed by atoms with Gasteiger partial charge >= 0.3 is 0 Å². The second-order valence-electron chi connectivity index (χ2n) is 3.04. The minimum absolute atomic E-state index is 1.03. The van der Waals surface area contributed by atoms with E-state index < -0.39 is 0 Å². The molecule has 90 valence electrons. The monoisotopic (exact) mass is 220 g/mol. The Morgan fingerprint density at radius 1 is 1.06 bits per heavy atom. The molecular weight excluding hydrogens is 196 g/mol. The van der Waals surface area contributed by atoms with E-state index in [4.69, 9.17) is 0 Å². The Morgan fingerprint density at radius 3 is 2.25 bits per heavy atom. The van der Waals surface area contributed by atoms with Crippen LogP contribution in [0.4, 0.5) is 0 Å². The Kier molecular flexibility index (Phi) is 7.27. The molecule has 16 heavy (non-hydrogen) atoms. The van der Waals surface area contributed by atoms with E-state index in [1.807, 2.05) is 34.6 Å². The summed E-state index contributed by atoms with van der Waals surface area (Å²) in [7, 11) is 0. The fraction of sp³-hybridized carbons (Fsp3) is 0.500. The van der Waals surface area contributed by atoms with Gasteiger partial charge in [-0.05, 0) is 25.0 Å². The van der Waals surface area contributed by atoms with Crippen molar-refractivity contribution in [3.63, 3.8) is 0 Å². The summed E-state index contributed by atoms with van der Waals surface area (Å²) in [5.41, 5.74) is 3.45. The summed E-state index contributed by atoms with van der Waals surface area (Å²) in [5.74, 6) is 0. The van der Waals surface area contributed by atoms with Gasteiger partial charge in [-0.2, -0.15) is 0 Å². The number of aromatic nitrogens is 2. The van der Waals surface area contributed by atoms with Crippen LogP contribution >= 0.6 is 0 Å². The molecule has 0 saturated carbocycles. The smallest absolute Gasteiger partial charge is 0.136 e. The number of rotatable bonds is 1. The molecule has 2 aromatic heterocycles. The summed E-state index contributed by atoms with van der Waals surface area (Å²) in [6, 6.07) is 4.19. The maximum Gasteiger partial charge on any atom is 0.136 e. The molecule has 0 spiro atoms. The van der Waals surface area contributed by atoms with E-state index in [9.17, 15) is 0 Å². The van der Waals surface area contributed by atoms with Crippen molar-refractivity contribution in [2.75, 3.05) is 0 Å². The molecule has 0 aliphatic heterocycles. The first-order valence-corrected chi connectivity index (χ1v) is 6.24. The van der Waals surface area contributed by atoms with E-state index in [2.05, 4.69) is 40.8 Å². The molecule has 0 aromatic carbocycles. The molecule has 0 unspecified atom stereocenters. The van der Waals surface area contributed by atoms with Gasteiger partial charge in [-0.15, -0.1) is 0 Å². The van der Waals surface area contributed by atoms with E-state index in [1.165, 1.54) is 5.56 Å². The molecule has 0 saturated heterocycles. The van der Waals surface area contributed by atoms with Crippen LogP contribution in [0.5, 0.6) is 0 Å². The van der Waals surface area contributed by atoms with E-state index in [0.29, 0.717) is 0 Å². The molecule has 0 radical (unpaired) electrons. The first kappa shape index (κ1) is 14.7. The average molecular weight is 220 g/mol. The van der Waals surface area contributed by atoms with Crippen LogP contribution in [-0.4, -0.2) is 9.38 Å². The number of aryl methyl sites for hydroxylation is 2. The minimum Gasteiger partial charge on any atom is -0.307 e. The third-order valence-corrected chi connectivity index (χ3v) is 2.04. The lowest BCUT2D eigenvalue weighted by atomic mass is 10.2. The van der Waals surface area contributed by atoms with Gasteiger partial charge in [0, 0.05) is 12.4 Å². The topological polar surface area (TPSA) is 17.3 Å². The van der Waals surface area contributed by atoms with Gasteiger partial charge in [0.25, 0.3) is 0 Å². The number of nitrogens with zero attached hydrogens (tertiary/aromatic N) is 2. The standard InChI is InChI=1S/C10H12N2.2C2H6/c1-3-9-4-5-10-11-8(2)6-12(10)7-9;2*1-2/h4-7H,3H2,1-2H3;2*1-2H3. The molecule has 0 aliphatic carbocycles.